The highest BCUT2D eigenvalue weighted by molar-refractivity contribution is 5.62. The second-order valence-corrected chi connectivity index (χ2v) is 8.12. The lowest BCUT2D eigenvalue weighted by Gasteiger charge is -2.07. The van der Waals surface area contributed by atoms with Crippen LogP contribution >= 0.6 is 0 Å². The highest BCUT2D eigenvalue weighted by Crippen LogP contribution is 2.20. The van der Waals surface area contributed by atoms with Crippen LogP contribution in [0.1, 0.15) is 102 Å². The van der Waals surface area contributed by atoms with Crippen molar-refractivity contribution in [3.63, 3.8) is 0 Å². The summed E-state index contributed by atoms with van der Waals surface area (Å²) in [5, 5.41) is 0. The molecule has 0 saturated carbocycles. The molecule has 2 rings (SSSR count). The van der Waals surface area contributed by atoms with Gasteiger partial charge in [0.25, 0.3) is 0 Å². The third kappa shape index (κ3) is 8.99. The van der Waals surface area contributed by atoms with Gasteiger partial charge in [-0.05, 0) is 30.4 Å². The second-order valence-electron chi connectivity index (χ2n) is 8.12. The number of nitrogens with zero attached hydrogens (tertiary/aromatic N) is 2. The molecule has 0 unspecified atom stereocenters. The van der Waals surface area contributed by atoms with E-state index in [1.165, 1.54) is 94.6 Å². The Morgan fingerprint density at radius 1 is 0.607 bits per heavy atom. The normalized spacial score (nSPS) is 11.1. The molecule has 154 valence electrons. The molecule has 0 fully saturated rings. The van der Waals surface area contributed by atoms with Crippen molar-refractivity contribution < 1.29 is 0 Å². The molecule has 0 atom stereocenters. The summed E-state index contributed by atoms with van der Waals surface area (Å²) < 4.78 is 0. The maximum absolute atomic E-state index is 4.61. The number of hydrogen-bond acceptors (Lipinski definition) is 2. The van der Waals surface area contributed by atoms with Gasteiger partial charge in [-0.1, -0.05) is 102 Å². The number of rotatable bonds is 15. The zero-order valence-electron chi connectivity index (χ0n) is 18.3. The summed E-state index contributed by atoms with van der Waals surface area (Å²) >= 11 is 0. The highest BCUT2D eigenvalue weighted by Gasteiger charge is 2.03. The van der Waals surface area contributed by atoms with Gasteiger partial charge in [0.2, 0.25) is 0 Å². The van der Waals surface area contributed by atoms with Crippen LogP contribution in [0, 0.1) is 0 Å². The molecule has 28 heavy (non-hydrogen) atoms. The molecule has 2 nitrogen and oxygen atoms in total. The van der Waals surface area contributed by atoms with Crippen LogP contribution in [0.2, 0.25) is 0 Å². The molecule has 0 saturated heterocycles. The van der Waals surface area contributed by atoms with Crippen LogP contribution in [-0.4, -0.2) is 9.97 Å². The third-order valence-corrected chi connectivity index (χ3v) is 5.54. The Balaban J connectivity index is 1.76. The predicted octanol–water partition coefficient (Wildman–Crippen LogP) is 7.95. The summed E-state index contributed by atoms with van der Waals surface area (Å²) in [6, 6.07) is 8.92. The van der Waals surface area contributed by atoms with Crippen LogP contribution in [-0.2, 0) is 12.8 Å². The molecule has 1 aromatic heterocycles. The number of hydrogen-bond donors (Lipinski definition) is 0. The van der Waals surface area contributed by atoms with Crippen molar-refractivity contribution in [2.24, 2.45) is 0 Å². The highest BCUT2D eigenvalue weighted by atomic mass is 14.9. The molecule has 0 radical (unpaired) electrons. The first-order chi connectivity index (χ1) is 13.8. The fourth-order valence-corrected chi connectivity index (χ4v) is 3.71. The van der Waals surface area contributed by atoms with E-state index in [2.05, 4.69) is 48.1 Å². The van der Waals surface area contributed by atoms with Crippen molar-refractivity contribution >= 4 is 0 Å². The minimum absolute atomic E-state index is 0.988. The van der Waals surface area contributed by atoms with Gasteiger partial charge in [0.15, 0.2) is 0 Å². The molecule has 2 heteroatoms. The van der Waals surface area contributed by atoms with Crippen molar-refractivity contribution in [3.8, 4) is 11.1 Å². The van der Waals surface area contributed by atoms with E-state index in [0.29, 0.717) is 0 Å². The van der Waals surface area contributed by atoms with Crippen molar-refractivity contribution in [1.82, 2.24) is 9.97 Å². The molecule has 2 aromatic rings. The lowest BCUT2D eigenvalue weighted by Crippen LogP contribution is -1.96. The van der Waals surface area contributed by atoms with Gasteiger partial charge >= 0.3 is 0 Å². The van der Waals surface area contributed by atoms with Gasteiger partial charge in [0.05, 0.1) is 0 Å². The van der Waals surface area contributed by atoms with Gasteiger partial charge in [0, 0.05) is 24.4 Å². The zero-order chi connectivity index (χ0) is 19.9. The summed E-state index contributed by atoms with van der Waals surface area (Å²) in [6.07, 6.45) is 22.2. The lowest BCUT2D eigenvalue weighted by molar-refractivity contribution is 0.601. The lowest BCUT2D eigenvalue weighted by atomic mass is 10.0. The molecule has 0 N–H and O–H groups in total. The van der Waals surface area contributed by atoms with Gasteiger partial charge in [-0.3, -0.25) is 0 Å². The van der Waals surface area contributed by atoms with Crippen LogP contribution < -0.4 is 0 Å². The fourth-order valence-electron chi connectivity index (χ4n) is 3.71. The fraction of sp³-hybridized carbons (Fsp3) is 0.615. The SMILES string of the molecule is CCCCCCCCc1cccc(-c2cnc(CCCCCCCC)nc2)c1. The minimum atomic E-state index is 0.988. The first kappa shape index (κ1) is 22.6. The average molecular weight is 381 g/mol. The quantitative estimate of drug-likeness (QED) is 0.293. The summed E-state index contributed by atoms with van der Waals surface area (Å²) in [6.45, 7) is 4.54. The van der Waals surface area contributed by atoms with Crippen molar-refractivity contribution in [2.75, 3.05) is 0 Å². The monoisotopic (exact) mass is 380 g/mol. The molecule has 1 heterocycles. The van der Waals surface area contributed by atoms with E-state index in [1.54, 1.807) is 0 Å². The van der Waals surface area contributed by atoms with E-state index in [9.17, 15) is 0 Å². The third-order valence-electron chi connectivity index (χ3n) is 5.54. The molecule has 0 aliphatic rings. The summed E-state index contributed by atoms with van der Waals surface area (Å²) in [7, 11) is 0. The molecular formula is C26H40N2. The van der Waals surface area contributed by atoms with Gasteiger partial charge in [-0.2, -0.15) is 0 Å². The van der Waals surface area contributed by atoms with E-state index < -0.39 is 0 Å². The number of unbranched alkanes of at least 4 members (excludes halogenated alkanes) is 10. The van der Waals surface area contributed by atoms with E-state index in [4.69, 9.17) is 0 Å². The van der Waals surface area contributed by atoms with Crippen LogP contribution in [0.15, 0.2) is 36.7 Å². The number of aryl methyl sites for hydroxylation is 2. The smallest absolute Gasteiger partial charge is 0.128 e. The van der Waals surface area contributed by atoms with Gasteiger partial charge in [-0.15, -0.1) is 0 Å². The molecular weight excluding hydrogens is 340 g/mol. The first-order valence-electron chi connectivity index (χ1n) is 11.7. The van der Waals surface area contributed by atoms with Crippen LogP contribution in [0.4, 0.5) is 0 Å². The Kier molecular flexibility index (Phi) is 11.6. The summed E-state index contributed by atoms with van der Waals surface area (Å²) in [5.74, 6) is 0.988. The predicted molar refractivity (Wildman–Crippen MR) is 122 cm³/mol. The Bertz CT molecular complexity index is 633. The van der Waals surface area contributed by atoms with E-state index in [0.717, 1.165) is 17.8 Å². The van der Waals surface area contributed by atoms with Gasteiger partial charge in [0.1, 0.15) is 5.82 Å². The molecule has 1 aromatic carbocycles. The Morgan fingerprint density at radius 3 is 1.82 bits per heavy atom. The Labute approximate surface area is 173 Å². The molecule has 0 aliphatic heterocycles. The van der Waals surface area contributed by atoms with Crippen LogP contribution in [0.25, 0.3) is 11.1 Å². The van der Waals surface area contributed by atoms with Crippen LogP contribution in [0.5, 0.6) is 0 Å². The topological polar surface area (TPSA) is 25.8 Å². The minimum Gasteiger partial charge on any atom is -0.241 e. The maximum Gasteiger partial charge on any atom is 0.128 e. The van der Waals surface area contributed by atoms with Crippen molar-refractivity contribution in [1.29, 1.82) is 0 Å². The largest absolute Gasteiger partial charge is 0.241 e. The number of aromatic nitrogens is 2. The standard InChI is InChI=1S/C26H40N2/c1-3-5-7-9-11-13-16-23-17-15-18-24(20-23)25-21-27-26(28-22-25)19-14-12-10-8-6-4-2/h15,17-18,20-22H,3-14,16,19H2,1-2H3. The summed E-state index contributed by atoms with van der Waals surface area (Å²) in [4.78, 5) is 9.22. The van der Waals surface area contributed by atoms with Gasteiger partial charge < -0.3 is 0 Å². The maximum atomic E-state index is 4.61. The van der Waals surface area contributed by atoms with E-state index >= 15 is 0 Å². The molecule has 0 spiro atoms. The Hall–Kier alpha value is -1.70. The zero-order valence-corrected chi connectivity index (χ0v) is 18.3. The second kappa shape index (κ2) is 14.3. The molecule has 0 bridgehead atoms. The van der Waals surface area contributed by atoms with Gasteiger partial charge in [-0.25, -0.2) is 9.97 Å². The number of benzene rings is 1. The first-order valence-corrected chi connectivity index (χ1v) is 11.7. The summed E-state index contributed by atoms with van der Waals surface area (Å²) in [5.41, 5.74) is 3.82. The van der Waals surface area contributed by atoms with E-state index in [1.807, 2.05) is 12.4 Å². The average Bonchev–Trinajstić information content (AvgIpc) is 2.74. The molecule has 0 aliphatic carbocycles. The van der Waals surface area contributed by atoms with E-state index in [-0.39, 0.29) is 0 Å². The molecule has 0 amide bonds. The Morgan fingerprint density at radius 2 is 1.18 bits per heavy atom. The van der Waals surface area contributed by atoms with Crippen LogP contribution in [0.3, 0.4) is 0 Å². The van der Waals surface area contributed by atoms with Crippen molar-refractivity contribution in [3.05, 3.63) is 48.0 Å². The van der Waals surface area contributed by atoms with Crippen molar-refractivity contribution in [2.45, 2.75) is 104 Å².